The molecule has 4 nitrogen and oxygen atoms in total. The summed E-state index contributed by atoms with van der Waals surface area (Å²) in [7, 11) is 0. The molecule has 2 rings (SSSR count). The van der Waals surface area contributed by atoms with Crippen LogP contribution in [0.25, 0.3) is 0 Å². The lowest BCUT2D eigenvalue weighted by Crippen LogP contribution is -2.17. The lowest BCUT2D eigenvalue weighted by Gasteiger charge is -2.07. The van der Waals surface area contributed by atoms with Gasteiger partial charge in [0.2, 0.25) is 0 Å². The number of hydrogen-bond acceptors (Lipinski definition) is 3. The van der Waals surface area contributed by atoms with Gasteiger partial charge in [0, 0.05) is 12.4 Å². The molecule has 2 aromatic rings. The van der Waals surface area contributed by atoms with Crippen molar-refractivity contribution in [1.82, 2.24) is 10.4 Å². The maximum atomic E-state index is 11.8. The van der Waals surface area contributed by atoms with Gasteiger partial charge in [0.05, 0.1) is 11.8 Å². The second kappa shape index (κ2) is 6.10. The maximum absolute atomic E-state index is 11.8. The van der Waals surface area contributed by atoms with E-state index in [-0.39, 0.29) is 5.91 Å². The number of benzene rings is 1. The van der Waals surface area contributed by atoms with Crippen molar-refractivity contribution in [2.75, 3.05) is 0 Å². The summed E-state index contributed by atoms with van der Waals surface area (Å²) in [4.78, 5) is 15.7. The highest BCUT2D eigenvalue weighted by molar-refractivity contribution is 5.94. The van der Waals surface area contributed by atoms with Crippen LogP contribution >= 0.6 is 0 Å². The van der Waals surface area contributed by atoms with Crippen molar-refractivity contribution in [1.29, 1.82) is 0 Å². The molecule has 0 aliphatic heterocycles. The molecule has 102 valence electrons. The molecule has 0 spiro atoms. The summed E-state index contributed by atoms with van der Waals surface area (Å²) < 4.78 is 0. The van der Waals surface area contributed by atoms with Crippen LogP contribution in [-0.4, -0.2) is 17.1 Å². The summed E-state index contributed by atoms with van der Waals surface area (Å²) in [6.45, 7) is 6.20. The molecule has 0 saturated carbocycles. The zero-order valence-corrected chi connectivity index (χ0v) is 11.8. The minimum absolute atomic E-state index is 0.268. The minimum Gasteiger partial charge on any atom is -0.267 e. The van der Waals surface area contributed by atoms with E-state index in [1.807, 2.05) is 19.1 Å². The quantitative estimate of drug-likeness (QED) is 0.686. The molecular weight excluding hydrogens is 250 g/mol. The van der Waals surface area contributed by atoms with Crippen molar-refractivity contribution in [3.63, 3.8) is 0 Å². The summed E-state index contributed by atoms with van der Waals surface area (Å²) in [5.41, 5.74) is 7.65. The van der Waals surface area contributed by atoms with Gasteiger partial charge in [-0.1, -0.05) is 12.1 Å². The topological polar surface area (TPSA) is 54.4 Å². The molecule has 20 heavy (non-hydrogen) atoms. The van der Waals surface area contributed by atoms with Crippen molar-refractivity contribution in [2.45, 2.75) is 20.8 Å². The number of nitrogens with one attached hydrogen (secondary N) is 1. The average Bonchev–Trinajstić information content (AvgIpc) is 2.48. The van der Waals surface area contributed by atoms with E-state index >= 15 is 0 Å². The molecule has 0 saturated heterocycles. The van der Waals surface area contributed by atoms with Crippen LogP contribution in [-0.2, 0) is 0 Å². The van der Waals surface area contributed by atoms with E-state index in [0.717, 1.165) is 5.56 Å². The van der Waals surface area contributed by atoms with Crippen LogP contribution in [0.5, 0.6) is 0 Å². The van der Waals surface area contributed by atoms with Gasteiger partial charge in [-0.3, -0.25) is 9.78 Å². The molecule has 0 unspecified atom stereocenters. The van der Waals surface area contributed by atoms with Gasteiger partial charge in [-0.25, -0.2) is 5.43 Å². The third-order valence-electron chi connectivity index (χ3n) is 3.39. The number of carbonyl (C=O) groups is 1. The van der Waals surface area contributed by atoms with Crippen LogP contribution in [0.4, 0.5) is 0 Å². The van der Waals surface area contributed by atoms with Gasteiger partial charge < -0.3 is 0 Å². The van der Waals surface area contributed by atoms with Gasteiger partial charge in [0.15, 0.2) is 0 Å². The standard InChI is InChI=1S/C16H17N3O/c1-11-6-7-14(13(3)12(11)2)10-18-19-16(20)15-5-4-8-17-9-15/h4-10H,1-3H3,(H,19,20)/b18-10-. The van der Waals surface area contributed by atoms with E-state index in [9.17, 15) is 4.79 Å². The fraction of sp³-hybridized carbons (Fsp3) is 0.188. The third-order valence-corrected chi connectivity index (χ3v) is 3.39. The first kappa shape index (κ1) is 13.9. The fourth-order valence-electron chi connectivity index (χ4n) is 1.84. The Hall–Kier alpha value is -2.49. The number of carbonyl (C=O) groups excluding carboxylic acids is 1. The number of aromatic nitrogens is 1. The predicted octanol–water partition coefficient (Wildman–Crippen LogP) is 2.77. The monoisotopic (exact) mass is 267 g/mol. The van der Waals surface area contributed by atoms with Crippen molar-refractivity contribution in [3.05, 3.63) is 64.5 Å². The highest BCUT2D eigenvalue weighted by atomic mass is 16.2. The number of nitrogens with zero attached hydrogens (tertiary/aromatic N) is 2. The SMILES string of the molecule is Cc1ccc(/C=N\NC(=O)c2cccnc2)c(C)c1C. The Morgan fingerprint density at radius 2 is 2.00 bits per heavy atom. The normalized spacial score (nSPS) is 10.8. The highest BCUT2D eigenvalue weighted by Crippen LogP contribution is 2.15. The molecule has 1 amide bonds. The van der Waals surface area contributed by atoms with E-state index in [4.69, 9.17) is 0 Å². The van der Waals surface area contributed by atoms with Crippen molar-refractivity contribution in [2.24, 2.45) is 5.10 Å². The molecule has 1 aromatic heterocycles. The zero-order chi connectivity index (χ0) is 14.5. The van der Waals surface area contributed by atoms with Gasteiger partial charge in [-0.05, 0) is 55.2 Å². The molecule has 1 aromatic carbocycles. The summed E-state index contributed by atoms with van der Waals surface area (Å²) >= 11 is 0. The molecular formula is C16H17N3O. The summed E-state index contributed by atoms with van der Waals surface area (Å²) in [6.07, 6.45) is 4.79. The maximum Gasteiger partial charge on any atom is 0.272 e. The summed E-state index contributed by atoms with van der Waals surface area (Å²) in [5, 5.41) is 4.00. The molecule has 0 bridgehead atoms. The van der Waals surface area contributed by atoms with Crippen LogP contribution in [0.2, 0.25) is 0 Å². The first-order valence-electron chi connectivity index (χ1n) is 6.40. The van der Waals surface area contributed by atoms with Gasteiger partial charge in [0.25, 0.3) is 5.91 Å². The number of pyridine rings is 1. The Kier molecular flexibility index (Phi) is 4.25. The van der Waals surface area contributed by atoms with Crippen LogP contribution in [0, 0.1) is 20.8 Å². The Morgan fingerprint density at radius 1 is 1.20 bits per heavy atom. The molecule has 0 aliphatic carbocycles. The molecule has 1 heterocycles. The predicted molar refractivity (Wildman–Crippen MR) is 80.0 cm³/mol. The van der Waals surface area contributed by atoms with Crippen LogP contribution in [0.15, 0.2) is 41.8 Å². The van der Waals surface area contributed by atoms with Crippen molar-refractivity contribution >= 4 is 12.1 Å². The summed E-state index contributed by atoms with van der Waals surface area (Å²) in [6, 6.07) is 7.45. The fourth-order valence-corrected chi connectivity index (χ4v) is 1.84. The Labute approximate surface area is 118 Å². The number of rotatable bonds is 3. The van der Waals surface area contributed by atoms with E-state index in [0.29, 0.717) is 5.56 Å². The van der Waals surface area contributed by atoms with Gasteiger partial charge in [-0.2, -0.15) is 5.10 Å². The molecule has 0 aliphatic rings. The second-order valence-electron chi connectivity index (χ2n) is 4.66. The minimum atomic E-state index is -0.268. The molecule has 0 fully saturated rings. The largest absolute Gasteiger partial charge is 0.272 e. The highest BCUT2D eigenvalue weighted by Gasteiger charge is 2.04. The first-order valence-corrected chi connectivity index (χ1v) is 6.40. The van der Waals surface area contributed by atoms with Crippen molar-refractivity contribution in [3.8, 4) is 0 Å². The third kappa shape index (κ3) is 3.09. The lowest BCUT2D eigenvalue weighted by atomic mass is 10.00. The average molecular weight is 267 g/mol. The first-order chi connectivity index (χ1) is 9.59. The van der Waals surface area contributed by atoms with Crippen LogP contribution < -0.4 is 5.43 Å². The molecule has 4 heteroatoms. The molecule has 1 N–H and O–H groups in total. The number of amides is 1. The zero-order valence-electron chi connectivity index (χ0n) is 11.8. The van der Waals surface area contributed by atoms with E-state index in [1.54, 1.807) is 24.5 Å². The number of aryl methyl sites for hydroxylation is 1. The smallest absolute Gasteiger partial charge is 0.267 e. The lowest BCUT2D eigenvalue weighted by molar-refractivity contribution is 0.0955. The Bertz CT molecular complexity index is 648. The Morgan fingerprint density at radius 3 is 2.70 bits per heavy atom. The molecule has 0 radical (unpaired) electrons. The Balaban J connectivity index is 2.08. The van der Waals surface area contributed by atoms with Crippen molar-refractivity contribution < 1.29 is 4.79 Å². The second-order valence-corrected chi connectivity index (χ2v) is 4.66. The van der Waals surface area contributed by atoms with Gasteiger partial charge in [0.1, 0.15) is 0 Å². The van der Waals surface area contributed by atoms with Gasteiger partial charge >= 0.3 is 0 Å². The van der Waals surface area contributed by atoms with Gasteiger partial charge in [-0.15, -0.1) is 0 Å². The van der Waals surface area contributed by atoms with Crippen LogP contribution in [0.3, 0.4) is 0 Å². The van der Waals surface area contributed by atoms with E-state index < -0.39 is 0 Å². The van der Waals surface area contributed by atoms with E-state index in [2.05, 4.69) is 29.4 Å². The summed E-state index contributed by atoms with van der Waals surface area (Å²) in [5.74, 6) is -0.268. The number of hydrogen-bond donors (Lipinski definition) is 1. The van der Waals surface area contributed by atoms with Crippen LogP contribution in [0.1, 0.15) is 32.6 Å². The number of hydrazone groups is 1. The molecule has 0 atom stereocenters. The van der Waals surface area contributed by atoms with E-state index in [1.165, 1.54) is 22.9 Å².